The van der Waals surface area contributed by atoms with Crippen LogP contribution in [0.4, 0.5) is 18.9 Å². The van der Waals surface area contributed by atoms with Crippen molar-refractivity contribution in [3.8, 4) is 5.69 Å². The minimum Gasteiger partial charge on any atom is -0.321 e. The van der Waals surface area contributed by atoms with Gasteiger partial charge in [-0.1, -0.05) is 24.3 Å². The lowest BCUT2D eigenvalue weighted by Crippen LogP contribution is -2.06. The highest BCUT2D eigenvalue weighted by molar-refractivity contribution is 8.00. The van der Waals surface area contributed by atoms with Gasteiger partial charge >= 0.3 is 6.18 Å². The van der Waals surface area contributed by atoms with Crippen LogP contribution in [0.15, 0.2) is 78.3 Å². The molecular formula is C19H13F3N4S. The maximum absolute atomic E-state index is 13.2. The number of benzene rings is 2. The number of fused-ring (bicyclic) bond motifs is 1. The number of halogens is 3. The van der Waals surface area contributed by atoms with Crippen LogP contribution >= 0.6 is 11.9 Å². The summed E-state index contributed by atoms with van der Waals surface area (Å²) >= 11 is 1.21. The molecule has 2 aromatic heterocycles. The van der Waals surface area contributed by atoms with E-state index in [1.165, 1.54) is 36.3 Å². The fourth-order valence-electron chi connectivity index (χ4n) is 2.75. The summed E-state index contributed by atoms with van der Waals surface area (Å²) in [6.45, 7) is 0. The van der Waals surface area contributed by atoms with Crippen LogP contribution in [-0.4, -0.2) is 14.5 Å². The van der Waals surface area contributed by atoms with Gasteiger partial charge in [-0.05, 0) is 30.3 Å². The molecule has 0 aliphatic heterocycles. The molecule has 27 heavy (non-hydrogen) atoms. The Balaban J connectivity index is 1.66. The van der Waals surface area contributed by atoms with Crippen LogP contribution in [0.1, 0.15) is 5.56 Å². The smallest absolute Gasteiger partial charge is 0.321 e. The summed E-state index contributed by atoms with van der Waals surface area (Å²) in [5, 5.41) is 0.715. The van der Waals surface area contributed by atoms with Crippen molar-refractivity contribution in [1.82, 2.24) is 14.5 Å². The first-order valence-corrected chi connectivity index (χ1v) is 8.82. The molecule has 8 heteroatoms. The van der Waals surface area contributed by atoms with Crippen LogP contribution < -0.4 is 4.72 Å². The predicted molar refractivity (Wildman–Crippen MR) is 99.8 cm³/mol. The molecular weight excluding hydrogens is 373 g/mol. The van der Waals surface area contributed by atoms with E-state index in [0.29, 0.717) is 10.8 Å². The van der Waals surface area contributed by atoms with Gasteiger partial charge in [-0.3, -0.25) is 9.55 Å². The number of hydrogen-bond donors (Lipinski definition) is 1. The normalized spacial score (nSPS) is 11.7. The number of nitrogens with one attached hydrogen (secondary N) is 1. The van der Waals surface area contributed by atoms with Crippen LogP contribution in [0.5, 0.6) is 0 Å². The Labute approximate surface area is 157 Å². The molecule has 1 N–H and O–H groups in total. The third-order valence-corrected chi connectivity index (χ3v) is 4.78. The minimum absolute atomic E-state index is 0.0574. The van der Waals surface area contributed by atoms with Crippen molar-refractivity contribution in [3.63, 3.8) is 0 Å². The van der Waals surface area contributed by atoms with Crippen molar-refractivity contribution in [2.75, 3.05) is 4.72 Å². The molecule has 2 heterocycles. The van der Waals surface area contributed by atoms with Crippen molar-refractivity contribution in [2.24, 2.45) is 0 Å². The second-order valence-corrected chi connectivity index (χ2v) is 6.45. The summed E-state index contributed by atoms with van der Waals surface area (Å²) < 4.78 is 44.7. The summed E-state index contributed by atoms with van der Waals surface area (Å²) in [6.07, 6.45) is 0.530. The second-order valence-electron chi connectivity index (χ2n) is 5.68. The standard InChI is InChI=1S/C19H13F3N4S/c20-19(21,22)15-8-9-16(17-14(15)7-4-10-23-17)25-27-18-24-11-12-26(18)13-5-2-1-3-6-13/h1-12,25H. The molecule has 0 fully saturated rings. The summed E-state index contributed by atoms with van der Waals surface area (Å²) in [4.78, 5) is 8.44. The molecule has 0 bridgehead atoms. The van der Waals surface area contributed by atoms with Gasteiger partial charge in [-0.15, -0.1) is 0 Å². The van der Waals surface area contributed by atoms with E-state index in [1.54, 1.807) is 6.20 Å². The van der Waals surface area contributed by atoms with Crippen molar-refractivity contribution >= 4 is 28.5 Å². The number of hydrogen-bond acceptors (Lipinski definition) is 4. The highest BCUT2D eigenvalue weighted by Gasteiger charge is 2.33. The number of rotatable bonds is 4. The molecule has 0 amide bonds. The molecule has 4 aromatic rings. The number of imidazole rings is 1. The predicted octanol–water partition coefficient (Wildman–Crippen LogP) is 5.56. The van der Waals surface area contributed by atoms with E-state index in [4.69, 9.17) is 0 Å². The lowest BCUT2D eigenvalue weighted by atomic mass is 10.1. The highest BCUT2D eigenvalue weighted by Crippen LogP contribution is 2.37. The quantitative estimate of drug-likeness (QED) is 0.467. The Morgan fingerprint density at radius 1 is 0.889 bits per heavy atom. The molecule has 4 rings (SSSR count). The van der Waals surface area contributed by atoms with E-state index < -0.39 is 11.7 Å². The number of nitrogens with zero attached hydrogens (tertiary/aromatic N) is 3. The first-order chi connectivity index (χ1) is 13.0. The first kappa shape index (κ1) is 17.4. The van der Waals surface area contributed by atoms with Crippen LogP contribution in [0.3, 0.4) is 0 Å². The lowest BCUT2D eigenvalue weighted by Gasteiger charge is -2.14. The van der Waals surface area contributed by atoms with Crippen LogP contribution in [-0.2, 0) is 6.18 Å². The number of alkyl halides is 3. The molecule has 2 aromatic carbocycles. The van der Waals surface area contributed by atoms with Crippen LogP contribution in [0, 0.1) is 0 Å². The molecule has 0 radical (unpaired) electrons. The minimum atomic E-state index is -4.43. The average molecular weight is 386 g/mol. The van der Waals surface area contributed by atoms with Gasteiger partial charge < -0.3 is 4.72 Å². The van der Waals surface area contributed by atoms with Crippen LogP contribution in [0.2, 0.25) is 0 Å². The van der Waals surface area contributed by atoms with Crippen molar-refractivity contribution in [1.29, 1.82) is 0 Å². The van der Waals surface area contributed by atoms with Crippen LogP contribution in [0.25, 0.3) is 16.6 Å². The Kier molecular flexibility index (Phi) is 4.49. The van der Waals surface area contributed by atoms with Crippen molar-refractivity contribution in [3.05, 3.63) is 78.8 Å². The Hall–Kier alpha value is -3.00. The second kappa shape index (κ2) is 6.96. The zero-order valence-corrected chi connectivity index (χ0v) is 14.6. The van der Waals surface area contributed by atoms with E-state index in [-0.39, 0.29) is 10.9 Å². The Morgan fingerprint density at radius 2 is 1.70 bits per heavy atom. The van der Waals surface area contributed by atoms with E-state index in [0.717, 1.165) is 11.8 Å². The van der Waals surface area contributed by atoms with E-state index in [9.17, 15) is 13.2 Å². The SMILES string of the molecule is FC(F)(F)c1ccc(NSc2nccn2-c2ccccc2)c2ncccc12. The van der Waals surface area contributed by atoms with Gasteiger partial charge in [0.1, 0.15) is 0 Å². The van der Waals surface area contributed by atoms with Gasteiger partial charge in [-0.2, -0.15) is 13.2 Å². The summed E-state index contributed by atoms with van der Waals surface area (Å²) in [5.41, 5.74) is 0.991. The Bertz CT molecular complexity index is 1080. The number of aromatic nitrogens is 3. The molecule has 0 saturated heterocycles. The first-order valence-electron chi connectivity index (χ1n) is 8.00. The fourth-order valence-corrected chi connectivity index (χ4v) is 3.50. The van der Waals surface area contributed by atoms with E-state index in [1.807, 2.05) is 41.1 Å². The third kappa shape index (κ3) is 3.48. The Morgan fingerprint density at radius 3 is 2.48 bits per heavy atom. The van der Waals surface area contributed by atoms with E-state index in [2.05, 4.69) is 14.7 Å². The lowest BCUT2D eigenvalue weighted by molar-refractivity contribution is -0.136. The molecule has 0 aliphatic carbocycles. The van der Waals surface area contributed by atoms with Crippen molar-refractivity contribution in [2.45, 2.75) is 11.3 Å². The topological polar surface area (TPSA) is 42.7 Å². The highest BCUT2D eigenvalue weighted by atomic mass is 32.2. The zero-order valence-electron chi connectivity index (χ0n) is 13.8. The average Bonchev–Trinajstić information content (AvgIpc) is 3.14. The number of para-hydroxylation sites is 1. The van der Waals surface area contributed by atoms with Gasteiger partial charge in [0.15, 0.2) is 5.16 Å². The molecule has 136 valence electrons. The largest absolute Gasteiger partial charge is 0.417 e. The summed E-state index contributed by atoms with van der Waals surface area (Å²) in [5.74, 6) is 0. The van der Waals surface area contributed by atoms with Gasteiger partial charge in [0.2, 0.25) is 0 Å². The molecule has 0 spiro atoms. The maximum Gasteiger partial charge on any atom is 0.417 e. The summed E-state index contributed by atoms with van der Waals surface area (Å²) in [6, 6.07) is 15.0. The van der Waals surface area contributed by atoms with E-state index >= 15 is 0 Å². The zero-order chi connectivity index (χ0) is 18.9. The monoisotopic (exact) mass is 386 g/mol. The molecule has 4 nitrogen and oxygen atoms in total. The molecule has 0 saturated carbocycles. The maximum atomic E-state index is 13.2. The molecule has 0 aliphatic rings. The van der Waals surface area contributed by atoms with Gasteiger partial charge in [-0.25, -0.2) is 4.98 Å². The molecule has 0 atom stereocenters. The molecule has 0 unspecified atom stereocenters. The third-order valence-electron chi connectivity index (χ3n) is 3.97. The summed E-state index contributed by atoms with van der Waals surface area (Å²) in [7, 11) is 0. The number of pyridine rings is 1. The number of anilines is 1. The van der Waals surface area contributed by atoms with Gasteiger partial charge in [0, 0.05) is 41.6 Å². The fraction of sp³-hybridized carbons (Fsp3) is 0.0526. The van der Waals surface area contributed by atoms with Crippen molar-refractivity contribution < 1.29 is 13.2 Å². The van der Waals surface area contributed by atoms with Gasteiger partial charge in [0.05, 0.1) is 16.8 Å². The van der Waals surface area contributed by atoms with Gasteiger partial charge in [0.25, 0.3) is 0 Å².